The zero-order valence-corrected chi connectivity index (χ0v) is 19.8. The molecule has 33 heavy (non-hydrogen) atoms. The Morgan fingerprint density at radius 3 is 2.27 bits per heavy atom. The summed E-state index contributed by atoms with van der Waals surface area (Å²) in [5, 5.41) is 3.04. The monoisotopic (exact) mass is 488 g/mol. The van der Waals surface area contributed by atoms with E-state index in [0.29, 0.717) is 5.75 Å². The smallest absolute Gasteiger partial charge is 0.245 e. The molecule has 2 N–H and O–H groups in total. The van der Waals surface area contributed by atoms with Crippen LogP contribution in [0.5, 0.6) is 11.5 Å². The maximum atomic E-state index is 13.2. The van der Waals surface area contributed by atoms with Gasteiger partial charge < -0.3 is 14.8 Å². The fourth-order valence-electron chi connectivity index (χ4n) is 3.20. The summed E-state index contributed by atoms with van der Waals surface area (Å²) in [6.07, 6.45) is 0.164. The lowest BCUT2D eigenvalue weighted by Gasteiger charge is -2.20. The van der Waals surface area contributed by atoms with E-state index in [1.54, 1.807) is 19.2 Å². The van der Waals surface area contributed by atoms with Crippen LogP contribution in [0, 0.1) is 0 Å². The van der Waals surface area contributed by atoms with Crippen LogP contribution in [0.3, 0.4) is 0 Å². The molecule has 0 saturated heterocycles. The van der Waals surface area contributed by atoms with E-state index in [0.717, 1.165) is 11.1 Å². The molecule has 1 amide bonds. The molecule has 0 radical (unpaired) electrons. The normalized spacial score (nSPS) is 12.1. The van der Waals surface area contributed by atoms with Crippen LogP contribution < -0.4 is 19.5 Å². The maximum Gasteiger partial charge on any atom is 0.245 e. The number of hydrogen-bond acceptors (Lipinski definition) is 5. The molecule has 0 spiro atoms. The third kappa shape index (κ3) is 6.71. The Bertz CT molecular complexity index is 1190. The second-order valence-electron chi connectivity index (χ2n) is 7.22. The minimum atomic E-state index is -4.12. The van der Waals surface area contributed by atoms with Crippen molar-refractivity contribution in [2.75, 3.05) is 14.2 Å². The topological polar surface area (TPSA) is 93.7 Å². The molecule has 0 aromatic heterocycles. The summed E-state index contributed by atoms with van der Waals surface area (Å²) in [4.78, 5) is 12.9. The molecule has 0 bridgehead atoms. The first-order valence-corrected chi connectivity index (χ1v) is 12.0. The molecule has 0 saturated carbocycles. The van der Waals surface area contributed by atoms with Gasteiger partial charge in [-0.1, -0.05) is 54.1 Å². The number of carbonyl (C=O) groups is 1. The number of ether oxygens (including phenoxy) is 2. The van der Waals surface area contributed by atoms with Gasteiger partial charge in [-0.25, -0.2) is 8.42 Å². The van der Waals surface area contributed by atoms with E-state index in [4.69, 9.17) is 21.1 Å². The van der Waals surface area contributed by atoms with Crippen molar-refractivity contribution in [1.82, 2.24) is 10.0 Å². The van der Waals surface area contributed by atoms with Crippen molar-refractivity contribution in [3.05, 3.63) is 88.9 Å². The molecule has 0 fully saturated rings. The van der Waals surface area contributed by atoms with Gasteiger partial charge in [-0.3, -0.25) is 4.79 Å². The highest BCUT2D eigenvalue weighted by Gasteiger charge is 2.28. The molecule has 3 aromatic rings. The van der Waals surface area contributed by atoms with E-state index < -0.39 is 22.0 Å². The Kier molecular flexibility index (Phi) is 8.32. The van der Waals surface area contributed by atoms with E-state index in [-0.39, 0.29) is 28.6 Å². The first-order chi connectivity index (χ1) is 15.8. The van der Waals surface area contributed by atoms with Gasteiger partial charge in [0.25, 0.3) is 0 Å². The zero-order valence-electron chi connectivity index (χ0n) is 18.2. The number of amides is 1. The number of carbonyl (C=O) groups excluding carboxylic acids is 1. The van der Waals surface area contributed by atoms with E-state index >= 15 is 0 Å². The molecular weight excluding hydrogens is 464 g/mol. The Labute approximate surface area is 198 Å². The minimum Gasteiger partial charge on any atom is -0.497 e. The highest BCUT2D eigenvalue weighted by atomic mass is 35.5. The van der Waals surface area contributed by atoms with Gasteiger partial charge >= 0.3 is 0 Å². The Balaban J connectivity index is 1.82. The van der Waals surface area contributed by atoms with E-state index in [2.05, 4.69) is 10.0 Å². The highest BCUT2D eigenvalue weighted by molar-refractivity contribution is 7.89. The number of sulfonamides is 1. The van der Waals surface area contributed by atoms with Crippen molar-refractivity contribution in [1.29, 1.82) is 0 Å². The summed E-state index contributed by atoms with van der Waals surface area (Å²) in [6, 6.07) is 19.6. The lowest BCUT2D eigenvalue weighted by Crippen LogP contribution is -2.47. The Morgan fingerprint density at radius 1 is 0.939 bits per heavy atom. The van der Waals surface area contributed by atoms with Crippen LogP contribution in [-0.2, 0) is 27.8 Å². The highest BCUT2D eigenvalue weighted by Crippen LogP contribution is 2.27. The van der Waals surface area contributed by atoms with Crippen molar-refractivity contribution in [2.45, 2.75) is 23.9 Å². The van der Waals surface area contributed by atoms with Crippen LogP contribution in [0.25, 0.3) is 0 Å². The first-order valence-electron chi connectivity index (χ1n) is 10.1. The molecule has 0 aliphatic heterocycles. The van der Waals surface area contributed by atoms with E-state index in [9.17, 15) is 13.2 Å². The fraction of sp³-hybridized carbons (Fsp3) is 0.208. The van der Waals surface area contributed by atoms with E-state index in [1.165, 1.54) is 25.3 Å². The van der Waals surface area contributed by atoms with Gasteiger partial charge in [0.15, 0.2) is 0 Å². The zero-order chi connectivity index (χ0) is 23.8. The van der Waals surface area contributed by atoms with Gasteiger partial charge in [0.1, 0.15) is 22.4 Å². The summed E-state index contributed by atoms with van der Waals surface area (Å²) in [5.41, 5.74) is 1.66. The predicted octanol–water partition coefficient (Wildman–Crippen LogP) is 3.56. The van der Waals surface area contributed by atoms with Crippen LogP contribution in [-0.4, -0.2) is 34.6 Å². The fourth-order valence-corrected chi connectivity index (χ4v) is 4.83. The molecule has 9 heteroatoms. The van der Waals surface area contributed by atoms with Crippen LogP contribution in [0.1, 0.15) is 11.1 Å². The standard InChI is InChI=1S/C24H25ClN2O5S/c1-31-20-11-8-18(9-12-20)16-26-24(28)21(14-17-6-4-3-5-7-17)27-33(29,30)23-15-19(25)10-13-22(23)32-2/h3-13,15,21,27H,14,16H2,1-2H3,(H,26,28)/t21-/m1/s1. The van der Waals surface area contributed by atoms with Crippen molar-refractivity contribution in [2.24, 2.45) is 0 Å². The van der Waals surface area contributed by atoms with Crippen molar-refractivity contribution < 1.29 is 22.7 Å². The summed E-state index contributed by atoms with van der Waals surface area (Å²) >= 11 is 6.01. The molecule has 0 aliphatic rings. The van der Waals surface area contributed by atoms with Gasteiger partial charge in [0.05, 0.1) is 14.2 Å². The van der Waals surface area contributed by atoms with Gasteiger partial charge in [0, 0.05) is 11.6 Å². The summed E-state index contributed by atoms with van der Waals surface area (Å²) in [5.74, 6) is 0.374. The van der Waals surface area contributed by atoms with Gasteiger partial charge in [-0.05, 0) is 47.9 Å². The predicted molar refractivity (Wildman–Crippen MR) is 127 cm³/mol. The maximum absolute atomic E-state index is 13.2. The number of nitrogens with one attached hydrogen (secondary N) is 2. The molecule has 7 nitrogen and oxygen atoms in total. The second-order valence-corrected chi connectivity index (χ2v) is 9.34. The first kappa shape index (κ1) is 24.6. The molecule has 3 aromatic carbocycles. The summed E-state index contributed by atoms with van der Waals surface area (Å²) in [7, 11) is -1.18. The minimum absolute atomic E-state index is 0.129. The second kappa shape index (κ2) is 11.2. The molecule has 3 rings (SSSR count). The van der Waals surface area contributed by atoms with Gasteiger partial charge in [-0.15, -0.1) is 0 Å². The van der Waals surface area contributed by atoms with Crippen molar-refractivity contribution >= 4 is 27.5 Å². The largest absolute Gasteiger partial charge is 0.497 e. The molecule has 0 heterocycles. The Morgan fingerprint density at radius 2 is 1.64 bits per heavy atom. The molecule has 0 unspecified atom stereocenters. The number of rotatable bonds is 10. The lowest BCUT2D eigenvalue weighted by molar-refractivity contribution is -0.122. The van der Waals surface area contributed by atoms with E-state index in [1.807, 2.05) is 42.5 Å². The number of halogens is 1. The van der Waals surface area contributed by atoms with Crippen LogP contribution >= 0.6 is 11.6 Å². The molecule has 0 aliphatic carbocycles. The SMILES string of the molecule is COc1ccc(CNC(=O)[C@@H](Cc2ccccc2)NS(=O)(=O)c2cc(Cl)ccc2OC)cc1. The average molecular weight is 489 g/mol. The quantitative estimate of drug-likeness (QED) is 0.455. The third-order valence-corrected chi connectivity index (χ3v) is 6.67. The number of methoxy groups -OCH3 is 2. The average Bonchev–Trinajstić information content (AvgIpc) is 2.83. The van der Waals surface area contributed by atoms with Crippen molar-refractivity contribution in [3.63, 3.8) is 0 Å². The van der Waals surface area contributed by atoms with Crippen molar-refractivity contribution in [3.8, 4) is 11.5 Å². The van der Waals surface area contributed by atoms with Crippen LogP contribution in [0.2, 0.25) is 5.02 Å². The summed E-state index contributed by atoms with van der Waals surface area (Å²) in [6.45, 7) is 0.232. The third-order valence-electron chi connectivity index (χ3n) is 4.94. The van der Waals surface area contributed by atoms with Gasteiger partial charge in [0.2, 0.25) is 15.9 Å². The number of benzene rings is 3. The van der Waals surface area contributed by atoms with Crippen LogP contribution in [0.4, 0.5) is 0 Å². The van der Waals surface area contributed by atoms with Gasteiger partial charge in [-0.2, -0.15) is 4.72 Å². The van der Waals surface area contributed by atoms with Crippen LogP contribution in [0.15, 0.2) is 77.7 Å². The Hall–Kier alpha value is -3.07. The molecular formula is C24H25ClN2O5S. The lowest BCUT2D eigenvalue weighted by atomic mass is 10.1. The number of hydrogen-bond donors (Lipinski definition) is 2. The molecule has 174 valence electrons. The summed E-state index contributed by atoms with van der Waals surface area (Å²) < 4.78 is 39.2. The molecule has 1 atom stereocenters.